The lowest BCUT2D eigenvalue weighted by atomic mass is 9.91. The fraction of sp³-hybridized carbons (Fsp3) is 0. The van der Waals surface area contributed by atoms with Crippen molar-refractivity contribution in [3.05, 3.63) is 218 Å². The summed E-state index contributed by atoms with van der Waals surface area (Å²) in [6.07, 6.45) is 0. The normalized spacial score (nSPS) is 11.6. The van der Waals surface area contributed by atoms with Gasteiger partial charge in [-0.2, -0.15) is 0 Å². The third-order valence-electron chi connectivity index (χ3n) is 11.3. The Morgan fingerprint density at radius 2 is 0.714 bits per heavy atom. The van der Waals surface area contributed by atoms with E-state index in [4.69, 9.17) is 0 Å². The molecule has 0 aliphatic rings. The molecule has 0 unspecified atom stereocenters. The summed E-state index contributed by atoms with van der Waals surface area (Å²) in [6, 6.07) is 79.4. The largest absolute Gasteiger partial charge is 0.310 e. The SMILES string of the molecule is c1ccc(-c2ccc(-c3ccc4c5ccccc5c5ccc(-n6c7ccccc7c7cc(N(c8ccccc8)c8ccccc8)ccc76)cc5c4c3)cc2)cc1. The number of aromatic nitrogens is 1. The Balaban J connectivity index is 1.11. The van der Waals surface area contributed by atoms with Gasteiger partial charge in [0.1, 0.15) is 0 Å². The maximum Gasteiger partial charge on any atom is 0.0542 e. The molecule has 56 heavy (non-hydrogen) atoms. The van der Waals surface area contributed by atoms with Gasteiger partial charge in [-0.05, 0) is 121 Å². The van der Waals surface area contributed by atoms with Crippen LogP contribution in [0.4, 0.5) is 17.1 Å². The van der Waals surface area contributed by atoms with Gasteiger partial charge in [-0.3, -0.25) is 0 Å². The Hall–Kier alpha value is -7.42. The van der Waals surface area contributed by atoms with Gasteiger partial charge in [0, 0.05) is 33.5 Å². The van der Waals surface area contributed by atoms with Gasteiger partial charge in [0.2, 0.25) is 0 Å². The molecule has 11 aromatic rings. The molecule has 1 heterocycles. The quantitative estimate of drug-likeness (QED) is 0.156. The van der Waals surface area contributed by atoms with Crippen LogP contribution in [0.15, 0.2) is 218 Å². The second kappa shape index (κ2) is 13.2. The Kier molecular flexibility index (Phi) is 7.53. The van der Waals surface area contributed by atoms with Gasteiger partial charge in [-0.25, -0.2) is 0 Å². The number of anilines is 3. The van der Waals surface area contributed by atoms with Crippen molar-refractivity contribution in [2.24, 2.45) is 0 Å². The van der Waals surface area contributed by atoms with E-state index in [0.717, 1.165) is 22.7 Å². The lowest BCUT2D eigenvalue weighted by Crippen LogP contribution is -2.09. The summed E-state index contributed by atoms with van der Waals surface area (Å²) in [7, 11) is 0. The molecule has 0 aliphatic heterocycles. The van der Waals surface area contributed by atoms with Crippen LogP contribution < -0.4 is 4.90 Å². The number of rotatable bonds is 6. The van der Waals surface area contributed by atoms with Crippen LogP contribution in [0.1, 0.15) is 0 Å². The van der Waals surface area contributed by atoms with Crippen molar-refractivity contribution in [2.75, 3.05) is 4.90 Å². The van der Waals surface area contributed by atoms with Crippen molar-refractivity contribution in [3.8, 4) is 27.9 Å². The smallest absolute Gasteiger partial charge is 0.0542 e. The van der Waals surface area contributed by atoms with Crippen molar-refractivity contribution in [3.63, 3.8) is 0 Å². The molecular weight excluding hydrogens is 677 g/mol. The minimum Gasteiger partial charge on any atom is -0.310 e. The van der Waals surface area contributed by atoms with Crippen molar-refractivity contribution in [1.82, 2.24) is 4.57 Å². The number of para-hydroxylation sites is 3. The van der Waals surface area contributed by atoms with Crippen LogP contribution in [0.5, 0.6) is 0 Å². The lowest BCUT2D eigenvalue weighted by Gasteiger charge is -2.25. The van der Waals surface area contributed by atoms with Crippen LogP contribution in [-0.2, 0) is 0 Å². The van der Waals surface area contributed by atoms with Gasteiger partial charge >= 0.3 is 0 Å². The molecule has 1 aromatic heterocycles. The molecule has 2 heteroatoms. The number of benzene rings is 10. The molecule has 262 valence electrons. The van der Waals surface area contributed by atoms with Crippen LogP contribution in [-0.4, -0.2) is 4.57 Å². The zero-order chi connectivity index (χ0) is 37.0. The van der Waals surface area contributed by atoms with E-state index in [9.17, 15) is 0 Å². The summed E-state index contributed by atoms with van der Waals surface area (Å²) in [5.74, 6) is 0. The molecular formula is C54H36N2. The van der Waals surface area contributed by atoms with Crippen LogP contribution in [0.2, 0.25) is 0 Å². The van der Waals surface area contributed by atoms with Gasteiger partial charge in [-0.15, -0.1) is 0 Å². The number of hydrogen-bond donors (Lipinski definition) is 0. The fourth-order valence-corrected chi connectivity index (χ4v) is 8.73. The third kappa shape index (κ3) is 5.26. The van der Waals surface area contributed by atoms with Gasteiger partial charge in [0.25, 0.3) is 0 Å². The first-order valence-electron chi connectivity index (χ1n) is 19.3. The zero-order valence-corrected chi connectivity index (χ0v) is 30.7. The summed E-state index contributed by atoms with van der Waals surface area (Å²) in [5, 5.41) is 10.0. The van der Waals surface area contributed by atoms with Crippen LogP contribution in [0.25, 0.3) is 82.1 Å². The highest BCUT2D eigenvalue weighted by Crippen LogP contribution is 2.42. The van der Waals surface area contributed by atoms with Crippen molar-refractivity contribution in [1.29, 1.82) is 0 Å². The highest BCUT2D eigenvalue weighted by Gasteiger charge is 2.18. The molecule has 0 aliphatic carbocycles. The first kappa shape index (κ1) is 32.0. The summed E-state index contributed by atoms with van der Waals surface area (Å²) < 4.78 is 2.44. The summed E-state index contributed by atoms with van der Waals surface area (Å²) in [4.78, 5) is 2.34. The van der Waals surface area contributed by atoms with Crippen LogP contribution in [0, 0.1) is 0 Å². The van der Waals surface area contributed by atoms with E-state index in [1.807, 2.05) is 0 Å². The lowest BCUT2D eigenvalue weighted by molar-refractivity contribution is 1.18. The van der Waals surface area contributed by atoms with Gasteiger partial charge in [0.15, 0.2) is 0 Å². The van der Waals surface area contributed by atoms with Crippen molar-refractivity contribution in [2.45, 2.75) is 0 Å². The number of nitrogens with zero attached hydrogens (tertiary/aromatic N) is 2. The molecule has 0 radical (unpaired) electrons. The Morgan fingerprint density at radius 3 is 1.38 bits per heavy atom. The summed E-state index contributed by atoms with van der Waals surface area (Å²) in [6.45, 7) is 0. The number of hydrogen-bond acceptors (Lipinski definition) is 1. The van der Waals surface area contributed by atoms with Gasteiger partial charge < -0.3 is 9.47 Å². The molecule has 0 spiro atoms. The molecule has 10 aromatic carbocycles. The maximum absolute atomic E-state index is 2.44. The molecule has 11 rings (SSSR count). The Morgan fingerprint density at radius 1 is 0.250 bits per heavy atom. The third-order valence-corrected chi connectivity index (χ3v) is 11.3. The van der Waals surface area contributed by atoms with E-state index in [2.05, 4.69) is 228 Å². The standard InChI is InChI=1S/C54H36N2/c1-4-14-37(15-5-1)38-24-26-39(27-25-38)40-28-31-47-45-20-10-11-21-46(45)48-32-29-44(35-51(48)50(47)34-40)56-53-23-13-12-22-49(53)52-36-43(30-33-54(52)56)55(41-16-6-2-7-17-41)42-18-8-3-9-19-42/h1-36H. The second-order valence-corrected chi connectivity index (χ2v) is 14.5. The topological polar surface area (TPSA) is 8.17 Å². The summed E-state index contributed by atoms with van der Waals surface area (Å²) in [5.41, 5.74) is 11.8. The highest BCUT2D eigenvalue weighted by molar-refractivity contribution is 6.26. The van der Waals surface area contributed by atoms with Gasteiger partial charge in [-0.1, -0.05) is 152 Å². The molecule has 0 saturated heterocycles. The van der Waals surface area contributed by atoms with Crippen LogP contribution >= 0.6 is 0 Å². The van der Waals surface area contributed by atoms with Crippen LogP contribution in [0.3, 0.4) is 0 Å². The molecule has 0 amide bonds. The van der Waals surface area contributed by atoms with E-state index in [0.29, 0.717) is 0 Å². The fourth-order valence-electron chi connectivity index (χ4n) is 8.73. The first-order chi connectivity index (χ1) is 27.8. The summed E-state index contributed by atoms with van der Waals surface area (Å²) >= 11 is 0. The first-order valence-corrected chi connectivity index (χ1v) is 19.3. The molecule has 0 bridgehead atoms. The monoisotopic (exact) mass is 712 g/mol. The predicted molar refractivity (Wildman–Crippen MR) is 239 cm³/mol. The van der Waals surface area contributed by atoms with Gasteiger partial charge in [0.05, 0.1) is 11.0 Å². The number of fused-ring (bicyclic) bond motifs is 9. The molecule has 2 nitrogen and oxygen atoms in total. The average molecular weight is 713 g/mol. The van der Waals surface area contributed by atoms with E-state index >= 15 is 0 Å². The predicted octanol–water partition coefficient (Wildman–Crippen LogP) is 15.0. The second-order valence-electron chi connectivity index (χ2n) is 14.5. The minimum absolute atomic E-state index is 1.12. The highest BCUT2D eigenvalue weighted by atomic mass is 15.1. The minimum atomic E-state index is 1.12. The average Bonchev–Trinajstić information content (AvgIpc) is 3.61. The molecule has 0 fully saturated rings. The van der Waals surface area contributed by atoms with E-state index in [1.54, 1.807) is 0 Å². The molecule has 0 atom stereocenters. The zero-order valence-electron chi connectivity index (χ0n) is 30.7. The van der Waals surface area contributed by atoms with E-state index < -0.39 is 0 Å². The van der Waals surface area contributed by atoms with E-state index in [-0.39, 0.29) is 0 Å². The molecule has 0 N–H and O–H groups in total. The maximum atomic E-state index is 2.44. The molecule has 0 saturated carbocycles. The van der Waals surface area contributed by atoms with E-state index in [1.165, 1.54) is 76.4 Å². The van der Waals surface area contributed by atoms with Crippen molar-refractivity contribution < 1.29 is 0 Å². The Bertz CT molecular complexity index is 3180. The van der Waals surface area contributed by atoms with Crippen molar-refractivity contribution >= 4 is 71.2 Å². The Labute approximate surface area is 325 Å².